The van der Waals surface area contributed by atoms with Crippen LogP contribution < -0.4 is 25.8 Å². The van der Waals surface area contributed by atoms with Gasteiger partial charge in [0.15, 0.2) is 23.2 Å². The second kappa shape index (κ2) is 10.7. The number of hydrogen-bond donors (Lipinski definition) is 2. The van der Waals surface area contributed by atoms with Crippen molar-refractivity contribution in [2.24, 2.45) is 7.05 Å². The highest BCUT2D eigenvalue weighted by molar-refractivity contribution is 8.00. The van der Waals surface area contributed by atoms with Crippen molar-refractivity contribution >= 4 is 59.9 Å². The average Bonchev–Trinajstić information content (AvgIpc) is 3.22. The number of nitrogens with zero attached hydrogens (tertiary/aromatic N) is 5. The normalized spacial score (nSPS) is 16.8. The number of carbonyl (C=O) groups excluding carboxylic acids is 2. The van der Waals surface area contributed by atoms with Gasteiger partial charge in [0.1, 0.15) is 23.3 Å². The topological polar surface area (TPSA) is 141 Å². The molecular weight excluding hydrogens is 513 g/mol. The van der Waals surface area contributed by atoms with Crippen LogP contribution in [-0.2, 0) is 16.6 Å². The van der Waals surface area contributed by atoms with E-state index in [4.69, 9.17) is 9.47 Å². The van der Waals surface area contributed by atoms with Gasteiger partial charge in [-0.3, -0.25) is 14.5 Å². The minimum Gasteiger partial charge on any atom is -0.487 e. The Bertz CT molecular complexity index is 1390. The second-order valence-electron chi connectivity index (χ2n) is 7.79. The molecule has 4 heterocycles. The molecule has 0 bridgehead atoms. The molecule has 0 saturated carbocycles. The first-order valence-electron chi connectivity index (χ1n) is 10.7. The van der Waals surface area contributed by atoms with Gasteiger partial charge in [-0.25, -0.2) is 24.1 Å². The highest BCUT2D eigenvalue weighted by atomic mass is 32.2. The Hall–Kier alpha value is -3.43. The lowest BCUT2D eigenvalue weighted by Gasteiger charge is -2.17. The van der Waals surface area contributed by atoms with Gasteiger partial charge in [-0.1, -0.05) is 11.8 Å². The van der Waals surface area contributed by atoms with Gasteiger partial charge in [0, 0.05) is 20.1 Å². The third-order valence-corrected chi connectivity index (χ3v) is 6.39. The van der Waals surface area contributed by atoms with Crippen molar-refractivity contribution in [1.29, 1.82) is 0 Å². The van der Waals surface area contributed by atoms with Crippen LogP contribution in [0.5, 0.6) is 5.75 Å². The van der Waals surface area contributed by atoms with Gasteiger partial charge >= 0.3 is 6.09 Å². The molecule has 0 unspecified atom stereocenters. The van der Waals surface area contributed by atoms with E-state index in [2.05, 4.69) is 25.6 Å². The number of hydrogen-bond acceptors (Lipinski definition) is 10. The van der Waals surface area contributed by atoms with Crippen LogP contribution in [0.1, 0.15) is 0 Å². The monoisotopic (exact) mass is 535 g/mol. The summed E-state index contributed by atoms with van der Waals surface area (Å²) in [4.78, 5) is 49.8. The van der Waals surface area contributed by atoms with Crippen LogP contribution >= 0.6 is 25.3 Å². The lowest BCUT2D eigenvalue weighted by atomic mass is 10.2. The van der Waals surface area contributed by atoms with E-state index in [1.807, 2.05) is 0 Å². The number of aryl methyl sites for hydroxylation is 1. The Morgan fingerprint density at radius 1 is 1.28 bits per heavy atom. The zero-order valence-corrected chi connectivity index (χ0v) is 20.8. The molecule has 0 spiro atoms. The summed E-state index contributed by atoms with van der Waals surface area (Å²) < 4.78 is 26.7. The molecule has 2 aliphatic heterocycles. The number of ether oxygens (including phenoxy) is 2. The Kier molecular flexibility index (Phi) is 7.61. The summed E-state index contributed by atoms with van der Waals surface area (Å²) in [6, 6.07) is 2.72. The van der Waals surface area contributed by atoms with Crippen LogP contribution in [0.15, 0.2) is 34.3 Å². The fourth-order valence-electron chi connectivity index (χ4n) is 3.71. The highest BCUT2D eigenvalue weighted by Gasteiger charge is 2.34. The largest absolute Gasteiger partial charge is 0.487 e. The summed E-state index contributed by atoms with van der Waals surface area (Å²) in [7, 11) is 1.52. The SMILES string of the molecule is Cn1c(=O)cnc2ccc(F)c(OCCNC[C@H]3CN(c4cnc5c(n4)NC(=O)CS5)C(=O)O3)c21.S. The van der Waals surface area contributed by atoms with Crippen molar-refractivity contribution in [3.05, 3.63) is 40.7 Å². The zero-order chi connectivity index (χ0) is 24.5. The highest BCUT2D eigenvalue weighted by Crippen LogP contribution is 2.30. The predicted molar refractivity (Wildman–Crippen MR) is 135 cm³/mol. The minimum absolute atomic E-state index is 0. The molecule has 1 aromatic carbocycles. The second-order valence-corrected chi connectivity index (χ2v) is 8.75. The standard InChI is InChI=1S/C21H20FN7O5S.H2S/c1-28-16(31)8-24-13-3-2-12(22)18(17(13)28)33-5-4-23-6-11-9-29(21(32)34-11)14-7-25-20-19(26-14)27-15(30)10-35-20;/h2-3,7-8,11,23H,4-6,9-10H2,1H3,(H,26,27,30);1H2/t11-;/m0./s1. The number of benzene rings is 1. The van der Waals surface area contributed by atoms with Gasteiger partial charge in [0.25, 0.3) is 5.56 Å². The first-order valence-corrected chi connectivity index (χ1v) is 11.6. The molecule has 0 aliphatic carbocycles. The number of aromatic nitrogens is 4. The molecule has 5 rings (SSSR count). The third kappa shape index (κ3) is 5.08. The molecular formula is C21H22FN7O5S2. The van der Waals surface area contributed by atoms with Gasteiger partial charge in [0.2, 0.25) is 5.91 Å². The molecule has 1 atom stereocenters. The van der Waals surface area contributed by atoms with Gasteiger partial charge in [-0.05, 0) is 12.1 Å². The lowest BCUT2D eigenvalue weighted by Crippen LogP contribution is -2.33. The number of rotatable bonds is 7. The Morgan fingerprint density at radius 3 is 2.94 bits per heavy atom. The number of nitrogens with one attached hydrogen (secondary N) is 2. The van der Waals surface area contributed by atoms with Crippen molar-refractivity contribution < 1.29 is 23.5 Å². The molecule has 0 radical (unpaired) electrons. The third-order valence-electron chi connectivity index (χ3n) is 5.41. The van der Waals surface area contributed by atoms with Crippen molar-refractivity contribution in [3.8, 4) is 5.75 Å². The number of anilines is 2. The molecule has 2 amide bonds. The molecule has 1 fully saturated rings. The number of amides is 2. The lowest BCUT2D eigenvalue weighted by molar-refractivity contribution is -0.113. The van der Waals surface area contributed by atoms with Crippen molar-refractivity contribution in [1.82, 2.24) is 24.8 Å². The van der Waals surface area contributed by atoms with Gasteiger partial charge in [-0.2, -0.15) is 13.5 Å². The van der Waals surface area contributed by atoms with E-state index in [0.717, 1.165) is 0 Å². The van der Waals surface area contributed by atoms with Crippen LogP contribution in [0.4, 0.5) is 20.8 Å². The summed E-state index contributed by atoms with van der Waals surface area (Å²) >= 11 is 1.28. The number of thioether (sulfide) groups is 1. The van der Waals surface area contributed by atoms with Crippen molar-refractivity contribution in [2.75, 3.05) is 42.2 Å². The predicted octanol–water partition coefficient (Wildman–Crippen LogP) is 1.01. The summed E-state index contributed by atoms with van der Waals surface area (Å²) in [5.74, 6) is 0.0564. The zero-order valence-electron chi connectivity index (χ0n) is 19.0. The van der Waals surface area contributed by atoms with Crippen molar-refractivity contribution in [3.63, 3.8) is 0 Å². The molecule has 36 heavy (non-hydrogen) atoms. The van der Waals surface area contributed by atoms with E-state index >= 15 is 0 Å². The van der Waals surface area contributed by atoms with Crippen LogP contribution in [0, 0.1) is 5.82 Å². The van der Waals surface area contributed by atoms with Crippen LogP contribution in [0.3, 0.4) is 0 Å². The fraction of sp³-hybridized carbons (Fsp3) is 0.333. The maximum absolute atomic E-state index is 14.4. The van der Waals surface area contributed by atoms with E-state index < -0.39 is 18.0 Å². The van der Waals surface area contributed by atoms with E-state index in [1.54, 1.807) is 0 Å². The average molecular weight is 536 g/mol. The molecule has 3 aromatic rings. The van der Waals surface area contributed by atoms with Gasteiger partial charge in [-0.15, -0.1) is 0 Å². The number of halogens is 1. The summed E-state index contributed by atoms with van der Waals surface area (Å²) in [6.07, 6.45) is 1.62. The fourth-order valence-corrected chi connectivity index (χ4v) is 4.42. The Labute approximate surface area is 215 Å². The summed E-state index contributed by atoms with van der Waals surface area (Å²) in [6.45, 7) is 1.01. The summed E-state index contributed by atoms with van der Waals surface area (Å²) in [5.41, 5.74) is 0.347. The number of cyclic esters (lactones) is 1. The van der Waals surface area contributed by atoms with Crippen LogP contribution in [-0.4, -0.2) is 69.6 Å². The van der Waals surface area contributed by atoms with Gasteiger partial charge in [0.05, 0.1) is 30.2 Å². The summed E-state index contributed by atoms with van der Waals surface area (Å²) in [5, 5.41) is 6.35. The Balaban J connectivity index is 0.00000304. The molecule has 1 saturated heterocycles. The minimum atomic E-state index is -0.596. The van der Waals surface area contributed by atoms with E-state index in [-0.39, 0.29) is 61.0 Å². The number of fused-ring (bicyclic) bond motifs is 2. The molecule has 2 aliphatic rings. The molecule has 15 heteroatoms. The maximum Gasteiger partial charge on any atom is 0.416 e. The first-order chi connectivity index (χ1) is 16.9. The van der Waals surface area contributed by atoms with E-state index in [0.29, 0.717) is 29.5 Å². The molecule has 2 aromatic heterocycles. The molecule has 190 valence electrons. The van der Waals surface area contributed by atoms with Crippen LogP contribution in [0.2, 0.25) is 0 Å². The molecule has 2 N–H and O–H groups in total. The number of carbonyl (C=O) groups is 2. The van der Waals surface area contributed by atoms with E-state index in [1.165, 1.54) is 52.8 Å². The van der Waals surface area contributed by atoms with Crippen molar-refractivity contribution in [2.45, 2.75) is 11.1 Å². The van der Waals surface area contributed by atoms with Gasteiger partial charge < -0.3 is 24.7 Å². The molecule has 12 nitrogen and oxygen atoms in total. The maximum atomic E-state index is 14.4. The van der Waals surface area contributed by atoms with Crippen LogP contribution in [0.25, 0.3) is 11.0 Å². The quantitative estimate of drug-likeness (QED) is 0.421. The van der Waals surface area contributed by atoms with E-state index in [9.17, 15) is 18.8 Å². The Morgan fingerprint density at radius 2 is 2.11 bits per heavy atom. The first kappa shape index (κ1) is 25.7. The smallest absolute Gasteiger partial charge is 0.416 e.